The molecule has 1 aromatic rings. The molecule has 2 aliphatic heterocycles. The number of rotatable bonds is 1. The third-order valence-electron chi connectivity index (χ3n) is 4.56. The number of halogens is 1. The Morgan fingerprint density at radius 3 is 3.00 bits per heavy atom. The lowest BCUT2D eigenvalue weighted by Crippen LogP contribution is -2.43. The molecule has 0 aliphatic carbocycles. The summed E-state index contributed by atoms with van der Waals surface area (Å²) in [6.07, 6.45) is 2.53. The van der Waals surface area contributed by atoms with Crippen LogP contribution in [0.2, 0.25) is 0 Å². The predicted molar refractivity (Wildman–Crippen MR) is 86.1 cm³/mol. The Morgan fingerprint density at radius 1 is 1.26 bits per heavy atom. The van der Waals surface area contributed by atoms with Gasteiger partial charge in [0, 0.05) is 25.2 Å². The molecule has 2 amide bonds. The Hall–Kier alpha value is -1.82. The zero-order valence-corrected chi connectivity index (χ0v) is 13.6. The van der Waals surface area contributed by atoms with Crippen molar-refractivity contribution < 1.29 is 13.9 Å². The molecule has 1 saturated heterocycles. The Labute approximate surface area is 136 Å². The summed E-state index contributed by atoms with van der Waals surface area (Å²) >= 11 is 0. The van der Waals surface area contributed by atoms with E-state index < -0.39 is 0 Å². The molecule has 5 nitrogen and oxygen atoms in total. The molecule has 1 unspecified atom stereocenters. The number of hydrogen-bond donors (Lipinski definition) is 1. The molecule has 6 heteroatoms. The van der Waals surface area contributed by atoms with Crippen LogP contribution in [-0.2, 0) is 0 Å². The number of hydrogen-bond acceptors (Lipinski definition) is 3. The van der Waals surface area contributed by atoms with E-state index in [-0.39, 0.29) is 23.6 Å². The number of likely N-dealkylation sites (N-methyl/N-ethyl adjacent to an activating group) is 1. The lowest BCUT2D eigenvalue weighted by molar-refractivity contribution is 0.194. The van der Waals surface area contributed by atoms with E-state index in [1.807, 2.05) is 11.0 Å². The molecule has 1 aromatic carbocycles. The highest BCUT2D eigenvalue weighted by atomic mass is 19.1. The summed E-state index contributed by atoms with van der Waals surface area (Å²) < 4.78 is 19.5. The van der Waals surface area contributed by atoms with Gasteiger partial charge < -0.3 is 19.9 Å². The smallest absolute Gasteiger partial charge is 0.317 e. The first-order valence-electron chi connectivity index (χ1n) is 8.30. The summed E-state index contributed by atoms with van der Waals surface area (Å²) in [6.45, 7) is 3.85. The van der Waals surface area contributed by atoms with Gasteiger partial charge in [-0.3, -0.25) is 0 Å². The molecule has 0 radical (unpaired) electrons. The van der Waals surface area contributed by atoms with Crippen LogP contribution in [0.15, 0.2) is 18.2 Å². The number of para-hydroxylation sites is 1. The number of benzene rings is 1. The monoisotopic (exact) mass is 321 g/mol. The first-order valence-corrected chi connectivity index (χ1v) is 8.30. The van der Waals surface area contributed by atoms with Gasteiger partial charge in [0.2, 0.25) is 0 Å². The summed E-state index contributed by atoms with van der Waals surface area (Å²) in [4.78, 5) is 16.7. The molecule has 3 rings (SSSR count). The lowest BCUT2D eigenvalue weighted by Gasteiger charge is -2.25. The summed E-state index contributed by atoms with van der Waals surface area (Å²) in [5.74, 6) is -0.0778. The Kier molecular flexibility index (Phi) is 5.00. The topological polar surface area (TPSA) is 44.8 Å². The van der Waals surface area contributed by atoms with Crippen molar-refractivity contribution in [2.45, 2.75) is 25.3 Å². The number of urea groups is 1. The van der Waals surface area contributed by atoms with E-state index in [0.717, 1.165) is 51.0 Å². The second-order valence-electron chi connectivity index (χ2n) is 6.29. The number of carbonyl (C=O) groups excluding carboxylic acids is 1. The second-order valence-corrected chi connectivity index (χ2v) is 6.29. The lowest BCUT2D eigenvalue weighted by atomic mass is 10.0. The number of nitrogens with zero attached hydrogens (tertiary/aromatic N) is 2. The Morgan fingerprint density at radius 2 is 2.13 bits per heavy atom. The van der Waals surface area contributed by atoms with Crippen molar-refractivity contribution in [2.75, 3.05) is 39.8 Å². The normalized spacial score (nSPS) is 22.5. The van der Waals surface area contributed by atoms with Gasteiger partial charge in [-0.2, -0.15) is 0 Å². The number of nitrogens with one attached hydrogen (secondary N) is 1. The molecule has 2 heterocycles. The van der Waals surface area contributed by atoms with E-state index in [9.17, 15) is 9.18 Å². The minimum absolute atomic E-state index is 0.0672. The van der Waals surface area contributed by atoms with Crippen LogP contribution >= 0.6 is 0 Å². The zero-order chi connectivity index (χ0) is 16.2. The number of amides is 2. The van der Waals surface area contributed by atoms with E-state index in [1.165, 1.54) is 6.07 Å². The van der Waals surface area contributed by atoms with Gasteiger partial charge in [0.15, 0.2) is 11.6 Å². The third kappa shape index (κ3) is 3.75. The molecule has 0 bridgehead atoms. The van der Waals surface area contributed by atoms with E-state index in [1.54, 1.807) is 6.07 Å². The van der Waals surface area contributed by atoms with Crippen LogP contribution in [0.25, 0.3) is 0 Å². The molecule has 126 valence electrons. The molecule has 23 heavy (non-hydrogen) atoms. The molecule has 1 atom stereocenters. The van der Waals surface area contributed by atoms with Crippen molar-refractivity contribution in [3.8, 4) is 5.75 Å². The fourth-order valence-corrected chi connectivity index (χ4v) is 3.21. The summed E-state index contributed by atoms with van der Waals surface area (Å²) in [5.41, 5.74) is 0.739. The van der Waals surface area contributed by atoms with Crippen molar-refractivity contribution in [1.82, 2.24) is 15.1 Å². The summed E-state index contributed by atoms with van der Waals surface area (Å²) in [5, 5.41) is 3.08. The van der Waals surface area contributed by atoms with Gasteiger partial charge in [-0.1, -0.05) is 12.1 Å². The van der Waals surface area contributed by atoms with Crippen molar-refractivity contribution >= 4 is 6.03 Å². The molecule has 0 aromatic heterocycles. The fraction of sp³-hybridized carbons (Fsp3) is 0.588. The van der Waals surface area contributed by atoms with Crippen LogP contribution < -0.4 is 10.1 Å². The van der Waals surface area contributed by atoms with Gasteiger partial charge >= 0.3 is 6.03 Å². The van der Waals surface area contributed by atoms with Crippen LogP contribution in [-0.4, -0.2) is 55.7 Å². The standard InChI is InChI=1S/C17H24FN3O2/c1-20-8-4-9-21(11-10-20)17(22)19-15-7-3-12-23-16-13(15)5-2-6-14(16)18/h2,5-6,15H,3-4,7-12H2,1H3,(H,19,22). The van der Waals surface area contributed by atoms with E-state index in [2.05, 4.69) is 17.3 Å². The maximum atomic E-state index is 14.0. The number of fused-ring (bicyclic) bond motifs is 1. The van der Waals surface area contributed by atoms with Gasteiger partial charge in [0.25, 0.3) is 0 Å². The van der Waals surface area contributed by atoms with Crippen molar-refractivity contribution in [1.29, 1.82) is 0 Å². The Balaban J connectivity index is 1.72. The first-order chi connectivity index (χ1) is 11.1. The Bertz CT molecular complexity index is 567. The highest BCUT2D eigenvalue weighted by Crippen LogP contribution is 2.33. The number of ether oxygens (including phenoxy) is 1. The SMILES string of the molecule is CN1CCCN(C(=O)NC2CCCOc3c(F)cccc32)CC1. The molecular weight excluding hydrogens is 297 g/mol. The quantitative estimate of drug-likeness (QED) is 0.864. The molecular formula is C17H24FN3O2. The van der Waals surface area contributed by atoms with Gasteiger partial charge in [-0.15, -0.1) is 0 Å². The average Bonchev–Trinajstić information content (AvgIpc) is 2.87. The second kappa shape index (κ2) is 7.17. The molecule has 1 N–H and O–H groups in total. The van der Waals surface area contributed by atoms with E-state index in [4.69, 9.17) is 4.74 Å². The summed E-state index contributed by atoms with van der Waals surface area (Å²) in [7, 11) is 2.07. The summed E-state index contributed by atoms with van der Waals surface area (Å²) in [6, 6.07) is 4.64. The molecule has 1 fully saturated rings. The van der Waals surface area contributed by atoms with Gasteiger partial charge in [0.05, 0.1) is 12.6 Å². The van der Waals surface area contributed by atoms with Crippen LogP contribution in [0.4, 0.5) is 9.18 Å². The highest BCUT2D eigenvalue weighted by Gasteiger charge is 2.26. The van der Waals surface area contributed by atoms with Gasteiger partial charge in [-0.25, -0.2) is 9.18 Å². The van der Waals surface area contributed by atoms with Crippen molar-refractivity contribution in [3.05, 3.63) is 29.6 Å². The average molecular weight is 321 g/mol. The predicted octanol–water partition coefficient (Wildman–Crippen LogP) is 2.39. The maximum absolute atomic E-state index is 14.0. The van der Waals surface area contributed by atoms with Crippen molar-refractivity contribution in [3.63, 3.8) is 0 Å². The van der Waals surface area contributed by atoms with Gasteiger partial charge in [0.1, 0.15) is 0 Å². The van der Waals surface area contributed by atoms with Crippen molar-refractivity contribution in [2.24, 2.45) is 0 Å². The van der Waals surface area contributed by atoms with E-state index >= 15 is 0 Å². The van der Waals surface area contributed by atoms with Crippen LogP contribution in [0, 0.1) is 5.82 Å². The van der Waals surface area contributed by atoms with Crippen LogP contribution in [0.5, 0.6) is 5.75 Å². The van der Waals surface area contributed by atoms with Gasteiger partial charge in [-0.05, 0) is 38.9 Å². The molecule has 0 saturated carbocycles. The highest BCUT2D eigenvalue weighted by molar-refractivity contribution is 5.75. The minimum atomic E-state index is -0.361. The number of carbonyl (C=O) groups is 1. The largest absolute Gasteiger partial charge is 0.490 e. The minimum Gasteiger partial charge on any atom is -0.490 e. The first kappa shape index (κ1) is 16.1. The maximum Gasteiger partial charge on any atom is 0.317 e. The molecule has 2 aliphatic rings. The fourth-order valence-electron chi connectivity index (χ4n) is 3.21. The van der Waals surface area contributed by atoms with Crippen LogP contribution in [0.3, 0.4) is 0 Å². The zero-order valence-electron chi connectivity index (χ0n) is 13.6. The third-order valence-corrected chi connectivity index (χ3v) is 4.56. The molecule has 0 spiro atoms. The van der Waals surface area contributed by atoms with Crippen LogP contribution in [0.1, 0.15) is 30.9 Å². The van der Waals surface area contributed by atoms with E-state index in [0.29, 0.717) is 6.61 Å².